The van der Waals surface area contributed by atoms with Crippen molar-refractivity contribution < 1.29 is 8.85 Å². The Morgan fingerprint density at radius 3 is 2.27 bits per heavy atom. The summed E-state index contributed by atoms with van der Waals surface area (Å²) in [5.74, 6) is 0. The van der Waals surface area contributed by atoms with Crippen LogP contribution in [0.3, 0.4) is 0 Å². The molecule has 0 saturated heterocycles. The SMILES string of the molecule is CCO[Si](C)(CN)OC(C)C. The molecule has 0 bridgehead atoms. The summed E-state index contributed by atoms with van der Waals surface area (Å²) in [6.45, 7) is 8.65. The lowest BCUT2D eigenvalue weighted by Crippen LogP contribution is -2.48. The number of hydrogen-bond acceptors (Lipinski definition) is 3. The predicted octanol–water partition coefficient (Wildman–Crippen LogP) is 1.02. The third-order valence-corrected chi connectivity index (χ3v) is 3.92. The van der Waals surface area contributed by atoms with Crippen LogP contribution in [0, 0.1) is 0 Å². The van der Waals surface area contributed by atoms with Crippen molar-refractivity contribution in [3.05, 3.63) is 0 Å². The van der Waals surface area contributed by atoms with E-state index in [0.717, 1.165) is 0 Å². The maximum atomic E-state index is 5.62. The lowest BCUT2D eigenvalue weighted by atomic mass is 10.5. The smallest absolute Gasteiger partial charge is 0.349 e. The van der Waals surface area contributed by atoms with Crippen LogP contribution in [0.5, 0.6) is 0 Å². The maximum absolute atomic E-state index is 5.62. The molecule has 4 heteroatoms. The molecule has 0 aromatic rings. The topological polar surface area (TPSA) is 44.5 Å². The molecule has 0 aliphatic rings. The predicted molar refractivity (Wildman–Crippen MR) is 48.5 cm³/mol. The summed E-state index contributed by atoms with van der Waals surface area (Å²) in [6.07, 6.45) is 0.737. The van der Waals surface area contributed by atoms with Gasteiger partial charge in [0.1, 0.15) is 0 Å². The zero-order valence-electron chi connectivity index (χ0n) is 7.89. The van der Waals surface area contributed by atoms with Crippen molar-refractivity contribution in [3.63, 3.8) is 0 Å². The van der Waals surface area contributed by atoms with Crippen molar-refractivity contribution in [2.24, 2.45) is 5.73 Å². The monoisotopic (exact) mass is 177 g/mol. The Kier molecular flexibility index (Phi) is 4.91. The van der Waals surface area contributed by atoms with Crippen LogP contribution in [-0.4, -0.2) is 27.4 Å². The van der Waals surface area contributed by atoms with Crippen LogP contribution in [0.2, 0.25) is 6.55 Å². The van der Waals surface area contributed by atoms with E-state index in [0.29, 0.717) is 12.8 Å². The molecule has 0 saturated carbocycles. The molecule has 0 spiro atoms. The van der Waals surface area contributed by atoms with Gasteiger partial charge in [0.2, 0.25) is 0 Å². The van der Waals surface area contributed by atoms with Gasteiger partial charge < -0.3 is 14.6 Å². The molecule has 0 aromatic heterocycles. The third kappa shape index (κ3) is 4.52. The first-order valence-electron chi connectivity index (χ1n) is 4.06. The van der Waals surface area contributed by atoms with E-state index in [1.165, 1.54) is 0 Å². The lowest BCUT2D eigenvalue weighted by Gasteiger charge is -2.26. The molecule has 0 aromatic carbocycles. The van der Waals surface area contributed by atoms with Crippen LogP contribution in [0.25, 0.3) is 0 Å². The zero-order chi connectivity index (χ0) is 8.91. The van der Waals surface area contributed by atoms with Gasteiger partial charge in [0.05, 0.1) is 0 Å². The minimum atomic E-state index is -2.01. The summed E-state index contributed by atoms with van der Waals surface area (Å²) in [6, 6.07) is 0. The van der Waals surface area contributed by atoms with Crippen LogP contribution in [0.4, 0.5) is 0 Å². The molecule has 3 nitrogen and oxygen atoms in total. The lowest BCUT2D eigenvalue weighted by molar-refractivity contribution is 0.142. The van der Waals surface area contributed by atoms with Gasteiger partial charge in [-0.25, -0.2) is 0 Å². The van der Waals surface area contributed by atoms with Crippen LogP contribution in [0.1, 0.15) is 20.8 Å². The van der Waals surface area contributed by atoms with Crippen LogP contribution in [-0.2, 0) is 8.85 Å². The second-order valence-electron chi connectivity index (χ2n) is 2.94. The molecular formula is C7H19NO2Si. The molecule has 0 fully saturated rings. The molecule has 68 valence electrons. The van der Waals surface area contributed by atoms with Crippen LogP contribution < -0.4 is 5.73 Å². The van der Waals surface area contributed by atoms with E-state index in [1.807, 2.05) is 27.3 Å². The highest BCUT2D eigenvalue weighted by Gasteiger charge is 2.30. The molecule has 0 rings (SSSR count). The Morgan fingerprint density at radius 1 is 1.45 bits per heavy atom. The first kappa shape index (κ1) is 11.1. The summed E-state index contributed by atoms with van der Waals surface area (Å²) < 4.78 is 11.1. The number of hydrogen-bond donors (Lipinski definition) is 1. The van der Waals surface area contributed by atoms with Crippen molar-refractivity contribution >= 4 is 8.56 Å². The van der Waals surface area contributed by atoms with E-state index in [9.17, 15) is 0 Å². The summed E-state index contributed by atoms with van der Waals surface area (Å²) in [5.41, 5.74) is 5.55. The van der Waals surface area contributed by atoms with E-state index in [4.69, 9.17) is 14.6 Å². The highest BCUT2D eigenvalue weighted by atomic mass is 28.4. The molecule has 0 heterocycles. The number of nitrogens with two attached hydrogens (primary N) is 1. The van der Waals surface area contributed by atoms with E-state index in [2.05, 4.69) is 0 Å². The van der Waals surface area contributed by atoms with Gasteiger partial charge in [-0.05, 0) is 27.3 Å². The minimum Gasteiger partial charge on any atom is -0.394 e. The van der Waals surface area contributed by atoms with E-state index >= 15 is 0 Å². The van der Waals surface area contributed by atoms with E-state index in [1.54, 1.807) is 0 Å². The Bertz CT molecular complexity index is 111. The van der Waals surface area contributed by atoms with Crippen molar-refractivity contribution in [1.29, 1.82) is 0 Å². The van der Waals surface area contributed by atoms with Gasteiger partial charge in [0.15, 0.2) is 0 Å². The summed E-state index contributed by atoms with van der Waals surface area (Å²) >= 11 is 0. The third-order valence-electron chi connectivity index (χ3n) is 1.31. The van der Waals surface area contributed by atoms with Crippen LogP contribution >= 0.6 is 0 Å². The first-order chi connectivity index (χ1) is 5.04. The van der Waals surface area contributed by atoms with Crippen molar-refractivity contribution in [3.8, 4) is 0 Å². The van der Waals surface area contributed by atoms with Crippen molar-refractivity contribution in [1.82, 2.24) is 0 Å². The van der Waals surface area contributed by atoms with Gasteiger partial charge in [-0.2, -0.15) is 0 Å². The maximum Gasteiger partial charge on any atom is 0.349 e. The molecule has 2 N–H and O–H groups in total. The molecule has 0 amide bonds. The Morgan fingerprint density at radius 2 is 2.00 bits per heavy atom. The molecule has 11 heavy (non-hydrogen) atoms. The normalized spacial score (nSPS) is 16.9. The highest BCUT2D eigenvalue weighted by molar-refractivity contribution is 6.66. The fraction of sp³-hybridized carbons (Fsp3) is 1.00. The second-order valence-corrected chi connectivity index (χ2v) is 6.14. The van der Waals surface area contributed by atoms with E-state index < -0.39 is 8.56 Å². The Labute approximate surface area is 70.1 Å². The summed E-state index contributed by atoms with van der Waals surface area (Å²) in [4.78, 5) is 0. The summed E-state index contributed by atoms with van der Waals surface area (Å²) in [5, 5.41) is 0. The minimum absolute atomic E-state index is 0.210. The average Bonchev–Trinajstić information content (AvgIpc) is 1.87. The fourth-order valence-electron chi connectivity index (χ4n) is 0.945. The van der Waals surface area contributed by atoms with Gasteiger partial charge in [-0.3, -0.25) is 0 Å². The second kappa shape index (κ2) is 4.87. The van der Waals surface area contributed by atoms with Gasteiger partial charge in [-0.15, -0.1) is 0 Å². The largest absolute Gasteiger partial charge is 0.394 e. The molecular weight excluding hydrogens is 158 g/mol. The van der Waals surface area contributed by atoms with Gasteiger partial charge in [-0.1, -0.05) is 0 Å². The molecule has 0 radical (unpaired) electrons. The number of rotatable bonds is 5. The quantitative estimate of drug-likeness (QED) is 0.638. The Hall–Kier alpha value is 0.0969. The van der Waals surface area contributed by atoms with Gasteiger partial charge in [0.25, 0.3) is 0 Å². The van der Waals surface area contributed by atoms with Crippen LogP contribution in [0.15, 0.2) is 0 Å². The summed E-state index contributed by atoms with van der Waals surface area (Å²) in [7, 11) is -2.01. The standard InChI is InChI=1S/C7H19NO2Si/c1-5-9-11(4,6-8)10-7(2)3/h7H,5-6,8H2,1-4H3. The first-order valence-corrected chi connectivity index (χ1v) is 6.58. The molecule has 0 aliphatic heterocycles. The van der Waals surface area contributed by atoms with Crippen molar-refractivity contribution in [2.45, 2.75) is 33.4 Å². The molecule has 1 atom stereocenters. The zero-order valence-corrected chi connectivity index (χ0v) is 8.89. The highest BCUT2D eigenvalue weighted by Crippen LogP contribution is 2.07. The average molecular weight is 177 g/mol. The van der Waals surface area contributed by atoms with Gasteiger partial charge in [0, 0.05) is 18.9 Å². The van der Waals surface area contributed by atoms with Crippen molar-refractivity contribution in [2.75, 3.05) is 12.8 Å². The fourth-order valence-corrected chi connectivity index (χ4v) is 2.83. The molecule has 0 aliphatic carbocycles. The molecule has 1 unspecified atom stereocenters. The Balaban J connectivity index is 3.87. The van der Waals surface area contributed by atoms with E-state index in [-0.39, 0.29) is 6.10 Å². The van der Waals surface area contributed by atoms with Gasteiger partial charge >= 0.3 is 8.56 Å².